The minimum Gasteiger partial charge on any atom is -0.479 e. The van der Waals surface area contributed by atoms with Crippen LogP contribution in [0.1, 0.15) is 24.0 Å². The van der Waals surface area contributed by atoms with E-state index in [0.717, 1.165) is 11.5 Å². The van der Waals surface area contributed by atoms with Crippen LogP contribution in [0.25, 0.3) is 0 Å². The van der Waals surface area contributed by atoms with E-state index in [1.54, 1.807) is 10.6 Å². The molecule has 23 heavy (non-hydrogen) atoms. The number of carbonyl (C=O) groups is 1. The minimum atomic E-state index is -1.08. The number of benzene rings is 1. The first-order chi connectivity index (χ1) is 10.7. The van der Waals surface area contributed by atoms with Crippen LogP contribution in [-0.4, -0.2) is 26.7 Å². The largest absolute Gasteiger partial charge is 0.479 e. The molecule has 0 spiro atoms. The molecule has 0 unspecified atom stereocenters. The number of aromatic nitrogens is 2. The second kappa shape index (κ2) is 6.99. The van der Waals surface area contributed by atoms with Gasteiger partial charge in [0.15, 0.2) is 6.10 Å². The van der Waals surface area contributed by atoms with E-state index in [1.165, 1.54) is 13.0 Å². The highest BCUT2D eigenvalue weighted by atomic mass is 35.5. The molecule has 124 valence electrons. The summed E-state index contributed by atoms with van der Waals surface area (Å²) in [5, 5.41) is 10.2. The van der Waals surface area contributed by atoms with Crippen molar-refractivity contribution in [3.05, 3.63) is 44.4 Å². The molecule has 0 radical (unpaired) electrons. The number of aryl methyl sites for hydroxylation is 2. The fourth-order valence-corrected chi connectivity index (χ4v) is 2.78. The number of halogens is 3. The molecule has 1 aromatic carbocycles. The van der Waals surface area contributed by atoms with Gasteiger partial charge in [-0.15, -0.1) is 0 Å². The van der Waals surface area contributed by atoms with E-state index in [-0.39, 0.29) is 10.8 Å². The molecule has 2 aromatic rings. The Morgan fingerprint density at radius 3 is 2.48 bits per heavy atom. The van der Waals surface area contributed by atoms with Crippen LogP contribution in [0.2, 0.25) is 15.2 Å². The SMILES string of the molecule is Cc1nc(C)n(Cc2cc(O[C@@H](C)C(=O)O)c(Cl)cc2Cl)c1Cl. The Morgan fingerprint density at radius 1 is 1.30 bits per heavy atom. The molecular weight excluding hydrogens is 363 g/mol. The molecule has 0 amide bonds. The quantitative estimate of drug-likeness (QED) is 0.841. The predicted octanol–water partition coefficient (Wildman–Crippen LogP) is 4.36. The molecule has 0 saturated heterocycles. The first-order valence-corrected chi connectivity index (χ1v) is 7.90. The first-order valence-electron chi connectivity index (χ1n) is 6.77. The van der Waals surface area contributed by atoms with Gasteiger partial charge in [0, 0.05) is 5.02 Å². The molecule has 0 aliphatic carbocycles. The molecule has 8 heteroatoms. The van der Waals surface area contributed by atoms with Crippen LogP contribution in [0.3, 0.4) is 0 Å². The first kappa shape index (κ1) is 17.9. The lowest BCUT2D eigenvalue weighted by atomic mass is 10.2. The molecule has 0 bridgehead atoms. The van der Waals surface area contributed by atoms with E-state index in [0.29, 0.717) is 22.3 Å². The Bertz CT molecular complexity index is 759. The number of hydrogen-bond donors (Lipinski definition) is 1. The number of hydrogen-bond acceptors (Lipinski definition) is 3. The average Bonchev–Trinajstić information content (AvgIpc) is 2.69. The van der Waals surface area contributed by atoms with E-state index in [9.17, 15) is 4.79 Å². The fourth-order valence-electron chi connectivity index (χ4n) is 2.06. The third-order valence-electron chi connectivity index (χ3n) is 3.34. The zero-order valence-electron chi connectivity index (χ0n) is 12.7. The maximum Gasteiger partial charge on any atom is 0.344 e. The summed E-state index contributed by atoms with van der Waals surface area (Å²) in [6.07, 6.45) is -1.03. The highest BCUT2D eigenvalue weighted by Gasteiger charge is 2.18. The Hall–Kier alpha value is -1.43. The maximum atomic E-state index is 10.9. The van der Waals surface area contributed by atoms with Crippen LogP contribution in [0.4, 0.5) is 0 Å². The van der Waals surface area contributed by atoms with Gasteiger partial charge in [-0.3, -0.25) is 0 Å². The van der Waals surface area contributed by atoms with Crippen molar-refractivity contribution in [1.29, 1.82) is 0 Å². The van der Waals surface area contributed by atoms with E-state index in [2.05, 4.69) is 4.98 Å². The van der Waals surface area contributed by atoms with E-state index < -0.39 is 12.1 Å². The summed E-state index contributed by atoms with van der Waals surface area (Å²) in [4.78, 5) is 15.2. The lowest BCUT2D eigenvalue weighted by Gasteiger charge is -2.15. The van der Waals surface area contributed by atoms with E-state index in [4.69, 9.17) is 44.6 Å². The van der Waals surface area contributed by atoms with Crippen molar-refractivity contribution in [2.45, 2.75) is 33.4 Å². The number of ether oxygens (including phenoxy) is 1. The molecule has 0 aliphatic rings. The molecule has 0 fully saturated rings. The van der Waals surface area contributed by atoms with Crippen LogP contribution >= 0.6 is 34.8 Å². The number of nitrogens with zero attached hydrogens (tertiary/aromatic N) is 2. The molecule has 1 aromatic heterocycles. The summed E-state index contributed by atoms with van der Waals surface area (Å²) in [6.45, 7) is 5.46. The van der Waals surface area contributed by atoms with Crippen molar-refractivity contribution >= 4 is 40.8 Å². The van der Waals surface area contributed by atoms with Crippen molar-refractivity contribution in [2.24, 2.45) is 0 Å². The number of rotatable bonds is 5. The number of aliphatic carboxylic acids is 1. The number of carboxylic acid groups (broad SMARTS) is 1. The van der Waals surface area contributed by atoms with Gasteiger partial charge in [-0.05, 0) is 38.5 Å². The highest BCUT2D eigenvalue weighted by molar-refractivity contribution is 6.36. The van der Waals surface area contributed by atoms with Gasteiger partial charge < -0.3 is 14.4 Å². The van der Waals surface area contributed by atoms with E-state index >= 15 is 0 Å². The lowest BCUT2D eigenvalue weighted by Crippen LogP contribution is -2.23. The standard InChI is InChI=1S/C15H15Cl3N2O3/c1-7-14(18)20(9(3)19-7)6-10-4-13(12(17)5-11(10)16)23-8(2)15(21)22/h4-5,8H,6H2,1-3H3,(H,21,22)/t8-/m0/s1. The van der Waals surface area contributed by atoms with Crippen molar-refractivity contribution in [3.63, 3.8) is 0 Å². The Balaban J connectivity index is 2.37. The Labute approximate surface area is 148 Å². The highest BCUT2D eigenvalue weighted by Crippen LogP contribution is 2.33. The summed E-state index contributed by atoms with van der Waals surface area (Å²) >= 11 is 18.5. The van der Waals surface area contributed by atoms with Gasteiger partial charge in [-0.2, -0.15) is 0 Å². The van der Waals surface area contributed by atoms with Crippen LogP contribution < -0.4 is 4.74 Å². The third-order valence-corrected chi connectivity index (χ3v) is 4.46. The summed E-state index contributed by atoms with van der Waals surface area (Å²) in [7, 11) is 0. The molecule has 1 N–H and O–H groups in total. The van der Waals surface area contributed by atoms with Gasteiger partial charge in [0.05, 0.1) is 17.3 Å². The molecule has 2 rings (SSSR count). The Morgan fingerprint density at radius 2 is 1.96 bits per heavy atom. The number of carboxylic acids is 1. The van der Waals surface area contributed by atoms with Crippen molar-refractivity contribution in [3.8, 4) is 5.75 Å². The van der Waals surface area contributed by atoms with E-state index in [1.807, 2.05) is 13.8 Å². The van der Waals surface area contributed by atoms with Gasteiger partial charge in [0.25, 0.3) is 0 Å². The van der Waals surface area contributed by atoms with Gasteiger partial charge in [0.1, 0.15) is 16.7 Å². The summed E-state index contributed by atoms with van der Waals surface area (Å²) in [6, 6.07) is 3.14. The van der Waals surface area contributed by atoms with Gasteiger partial charge in [0.2, 0.25) is 0 Å². The van der Waals surface area contributed by atoms with Gasteiger partial charge >= 0.3 is 5.97 Å². The molecule has 0 saturated carbocycles. The molecule has 0 aliphatic heterocycles. The third kappa shape index (κ3) is 3.91. The van der Waals surface area contributed by atoms with Crippen LogP contribution in [0.5, 0.6) is 5.75 Å². The maximum absolute atomic E-state index is 10.9. The predicted molar refractivity (Wildman–Crippen MR) is 90.0 cm³/mol. The van der Waals surface area contributed by atoms with Gasteiger partial charge in [-0.25, -0.2) is 9.78 Å². The second-order valence-electron chi connectivity index (χ2n) is 5.09. The van der Waals surface area contributed by atoms with Gasteiger partial charge in [-0.1, -0.05) is 34.8 Å². The fraction of sp³-hybridized carbons (Fsp3) is 0.333. The molecular formula is C15H15Cl3N2O3. The minimum absolute atomic E-state index is 0.247. The van der Waals surface area contributed by atoms with Crippen molar-refractivity contribution < 1.29 is 14.6 Å². The molecule has 1 atom stereocenters. The lowest BCUT2D eigenvalue weighted by molar-refractivity contribution is -0.144. The second-order valence-corrected chi connectivity index (χ2v) is 6.27. The monoisotopic (exact) mass is 376 g/mol. The Kier molecular flexibility index (Phi) is 5.45. The summed E-state index contributed by atoms with van der Waals surface area (Å²) in [5.74, 6) is -0.0758. The zero-order valence-corrected chi connectivity index (χ0v) is 15.0. The normalized spacial score (nSPS) is 12.3. The van der Waals surface area contributed by atoms with Crippen molar-refractivity contribution in [1.82, 2.24) is 9.55 Å². The van der Waals surface area contributed by atoms with Crippen LogP contribution in [-0.2, 0) is 11.3 Å². The van der Waals surface area contributed by atoms with Crippen LogP contribution in [0, 0.1) is 13.8 Å². The summed E-state index contributed by atoms with van der Waals surface area (Å²) in [5.41, 5.74) is 1.43. The molecule has 1 heterocycles. The topological polar surface area (TPSA) is 64.4 Å². The van der Waals surface area contributed by atoms with Crippen molar-refractivity contribution in [2.75, 3.05) is 0 Å². The zero-order chi connectivity index (χ0) is 17.3. The smallest absolute Gasteiger partial charge is 0.344 e. The number of imidazole rings is 1. The molecule has 5 nitrogen and oxygen atoms in total. The average molecular weight is 378 g/mol. The summed E-state index contributed by atoms with van der Waals surface area (Å²) < 4.78 is 7.16. The van der Waals surface area contributed by atoms with Crippen LogP contribution in [0.15, 0.2) is 12.1 Å².